The number of hydrogen-bond donors (Lipinski definition) is 0. The predicted molar refractivity (Wildman–Crippen MR) is 139 cm³/mol. The Morgan fingerprint density at radius 2 is 1.53 bits per heavy atom. The molecule has 4 rings (SSSR count). The van der Waals surface area contributed by atoms with Crippen molar-refractivity contribution in [1.29, 1.82) is 0 Å². The fraction of sp³-hybridized carbons (Fsp3) is 0.154. The number of halogens is 7. The number of carbonyl (C=O) groups is 1. The number of hydrazone groups is 1. The lowest BCUT2D eigenvalue weighted by Crippen LogP contribution is -2.25. The van der Waals surface area contributed by atoms with Crippen molar-refractivity contribution in [1.82, 2.24) is 0 Å². The molecule has 0 saturated heterocycles. The van der Waals surface area contributed by atoms with Gasteiger partial charge < -0.3 is 9.47 Å². The molecule has 0 bridgehead atoms. The van der Waals surface area contributed by atoms with Gasteiger partial charge in [0.15, 0.2) is 34.8 Å². The van der Waals surface area contributed by atoms with E-state index in [1.807, 2.05) is 24.3 Å². The first-order chi connectivity index (χ1) is 18.0. The van der Waals surface area contributed by atoms with Crippen molar-refractivity contribution in [2.45, 2.75) is 20.5 Å². The summed E-state index contributed by atoms with van der Waals surface area (Å²) in [6, 6.07) is 10.7. The molecule has 12 heteroatoms. The second kappa shape index (κ2) is 11.2. The van der Waals surface area contributed by atoms with E-state index < -0.39 is 40.7 Å². The van der Waals surface area contributed by atoms with E-state index in [0.717, 1.165) is 10.0 Å². The number of amides is 1. The normalized spacial score (nSPS) is 14.3. The molecule has 1 heterocycles. The van der Waals surface area contributed by atoms with Crippen LogP contribution >= 0.6 is 31.9 Å². The summed E-state index contributed by atoms with van der Waals surface area (Å²) in [5, 5.41) is 3.90. The Morgan fingerprint density at radius 3 is 2.13 bits per heavy atom. The molecule has 1 aliphatic rings. The van der Waals surface area contributed by atoms with Gasteiger partial charge in [-0.15, -0.1) is 0 Å². The molecule has 0 unspecified atom stereocenters. The van der Waals surface area contributed by atoms with Gasteiger partial charge in [0.05, 0.1) is 22.4 Å². The van der Waals surface area contributed by atoms with Crippen LogP contribution in [0.4, 0.5) is 27.6 Å². The van der Waals surface area contributed by atoms with Gasteiger partial charge in [0.25, 0.3) is 5.91 Å². The van der Waals surface area contributed by atoms with Gasteiger partial charge in [-0.1, -0.05) is 28.1 Å². The summed E-state index contributed by atoms with van der Waals surface area (Å²) in [6.07, 6.45) is 1.36. The van der Waals surface area contributed by atoms with E-state index >= 15 is 0 Å². The largest absolute Gasteiger partial charge is 0.490 e. The maximum absolute atomic E-state index is 14.3. The van der Waals surface area contributed by atoms with Gasteiger partial charge in [-0.3, -0.25) is 4.79 Å². The van der Waals surface area contributed by atoms with Crippen molar-refractivity contribution >= 4 is 55.2 Å². The lowest BCUT2D eigenvalue weighted by molar-refractivity contribution is -0.114. The molecule has 0 saturated carbocycles. The quantitative estimate of drug-likeness (QED) is 0.113. The van der Waals surface area contributed by atoms with Crippen LogP contribution in [-0.2, 0) is 11.4 Å². The lowest BCUT2D eigenvalue weighted by Gasteiger charge is -2.16. The van der Waals surface area contributed by atoms with Gasteiger partial charge in [0, 0.05) is 4.47 Å². The second-order valence-corrected chi connectivity index (χ2v) is 9.73. The maximum atomic E-state index is 14.3. The number of hydrogen-bond acceptors (Lipinski definition) is 4. The maximum Gasteiger partial charge on any atom is 0.280 e. The van der Waals surface area contributed by atoms with Crippen molar-refractivity contribution in [3.05, 3.63) is 91.1 Å². The number of rotatable bonds is 7. The smallest absolute Gasteiger partial charge is 0.280 e. The molecule has 5 nitrogen and oxygen atoms in total. The molecule has 0 fully saturated rings. The SMILES string of the molecule is CCOc1cc(/C=C2/C(=O)N(c3c(F)c(F)c(F)c(F)c3F)N=C2C)cc(Br)c1OCc1ccc(Br)cc1. The average molecular weight is 660 g/mol. The number of anilines is 1. The van der Waals surface area contributed by atoms with E-state index in [1.165, 1.54) is 13.0 Å². The lowest BCUT2D eigenvalue weighted by atomic mass is 10.1. The van der Waals surface area contributed by atoms with E-state index in [9.17, 15) is 26.7 Å². The summed E-state index contributed by atoms with van der Waals surface area (Å²) < 4.78 is 82.6. The van der Waals surface area contributed by atoms with E-state index in [1.54, 1.807) is 19.1 Å². The zero-order valence-electron chi connectivity index (χ0n) is 19.7. The molecular weight excluding hydrogens is 643 g/mol. The molecule has 0 atom stereocenters. The van der Waals surface area contributed by atoms with Crippen LogP contribution < -0.4 is 14.5 Å². The minimum absolute atomic E-state index is 0.00332. The average Bonchev–Trinajstić information content (AvgIpc) is 3.15. The minimum atomic E-state index is -2.33. The van der Waals surface area contributed by atoms with E-state index in [-0.39, 0.29) is 22.9 Å². The molecule has 0 radical (unpaired) electrons. The molecule has 38 heavy (non-hydrogen) atoms. The summed E-state index contributed by atoms with van der Waals surface area (Å²) in [5.74, 6) is -11.3. The first-order valence-corrected chi connectivity index (χ1v) is 12.6. The third kappa shape index (κ3) is 5.32. The van der Waals surface area contributed by atoms with Gasteiger partial charge in [0.1, 0.15) is 12.3 Å². The fourth-order valence-electron chi connectivity index (χ4n) is 3.59. The molecule has 0 aliphatic carbocycles. The topological polar surface area (TPSA) is 51.1 Å². The van der Waals surface area contributed by atoms with Crippen molar-refractivity contribution in [2.24, 2.45) is 5.10 Å². The molecule has 1 amide bonds. The predicted octanol–water partition coefficient (Wildman–Crippen LogP) is 7.69. The fourth-order valence-corrected chi connectivity index (χ4v) is 4.43. The molecule has 0 spiro atoms. The van der Waals surface area contributed by atoms with Crippen LogP contribution in [0, 0.1) is 29.1 Å². The highest BCUT2D eigenvalue weighted by Gasteiger charge is 2.37. The molecule has 3 aromatic rings. The molecule has 0 aromatic heterocycles. The first kappa shape index (κ1) is 27.8. The van der Waals surface area contributed by atoms with Crippen molar-refractivity contribution < 1.29 is 36.2 Å². The van der Waals surface area contributed by atoms with Crippen LogP contribution in [0.3, 0.4) is 0 Å². The number of carbonyl (C=O) groups excluding carboxylic acids is 1. The van der Waals surface area contributed by atoms with Gasteiger partial charge in [0.2, 0.25) is 5.82 Å². The van der Waals surface area contributed by atoms with Crippen LogP contribution in [0.2, 0.25) is 0 Å². The van der Waals surface area contributed by atoms with Crippen LogP contribution in [0.15, 0.2) is 56.0 Å². The summed E-state index contributed by atoms with van der Waals surface area (Å²) in [4.78, 5) is 13.0. The van der Waals surface area contributed by atoms with Crippen LogP contribution in [0.25, 0.3) is 6.08 Å². The third-order valence-electron chi connectivity index (χ3n) is 5.40. The monoisotopic (exact) mass is 658 g/mol. The summed E-state index contributed by atoms with van der Waals surface area (Å²) in [7, 11) is 0. The standard InChI is InChI=1S/C26H17Br2F5N2O3/c1-3-37-18-10-14(9-17(28)25(18)38-11-13-4-6-15(27)7-5-13)8-16-12(2)34-35(26(16)36)24-22(32)20(30)19(29)21(31)23(24)33/h4-10H,3,11H2,1-2H3/b16-8+. The number of ether oxygens (including phenoxy) is 2. The Kier molecular flexibility index (Phi) is 8.22. The highest BCUT2D eigenvalue weighted by molar-refractivity contribution is 9.10. The van der Waals surface area contributed by atoms with Gasteiger partial charge in [-0.05, 0) is 71.2 Å². The van der Waals surface area contributed by atoms with E-state index in [4.69, 9.17) is 9.47 Å². The van der Waals surface area contributed by atoms with Gasteiger partial charge >= 0.3 is 0 Å². The number of nitrogens with zero attached hydrogens (tertiary/aromatic N) is 2. The highest BCUT2D eigenvalue weighted by atomic mass is 79.9. The van der Waals surface area contributed by atoms with E-state index in [2.05, 4.69) is 37.0 Å². The second-order valence-electron chi connectivity index (χ2n) is 7.96. The summed E-state index contributed by atoms with van der Waals surface area (Å²) in [6.45, 7) is 3.68. The van der Waals surface area contributed by atoms with Crippen LogP contribution in [-0.4, -0.2) is 18.2 Å². The van der Waals surface area contributed by atoms with Crippen LogP contribution in [0.5, 0.6) is 11.5 Å². The third-order valence-corrected chi connectivity index (χ3v) is 6.52. The number of benzene rings is 3. The summed E-state index contributed by atoms with van der Waals surface area (Å²) >= 11 is 6.81. The Morgan fingerprint density at radius 1 is 0.921 bits per heavy atom. The van der Waals surface area contributed by atoms with Crippen molar-refractivity contribution in [2.75, 3.05) is 11.6 Å². The minimum Gasteiger partial charge on any atom is -0.490 e. The highest BCUT2D eigenvalue weighted by Crippen LogP contribution is 2.39. The zero-order chi connectivity index (χ0) is 27.7. The van der Waals surface area contributed by atoms with Gasteiger partial charge in [-0.2, -0.15) is 10.1 Å². The molecule has 198 valence electrons. The van der Waals surface area contributed by atoms with Crippen LogP contribution in [0.1, 0.15) is 25.0 Å². The molecule has 3 aromatic carbocycles. The Hall–Kier alpha value is -3.25. The summed E-state index contributed by atoms with van der Waals surface area (Å²) in [5.41, 5.74) is -0.240. The zero-order valence-corrected chi connectivity index (χ0v) is 22.9. The Balaban J connectivity index is 1.67. The van der Waals surface area contributed by atoms with Crippen molar-refractivity contribution in [3.8, 4) is 11.5 Å². The molecule has 1 aliphatic heterocycles. The Labute approximate surface area is 230 Å². The first-order valence-electron chi connectivity index (χ1n) is 11.0. The Bertz CT molecular complexity index is 1460. The van der Waals surface area contributed by atoms with E-state index in [0.29, 0.717) is 28.1 Å². The van der Waals surface area contributed by atoms with Gasteiger partial charge in [-0.25, -0.2) is 22.0 Å². The molecular formula is C26H17Br2F5N2O3. The molecule has 0 N–H and O–H groups in total. The van der Waals surface area contributed by atoms with Crippen molar-refractivity contribution in [3.63, 3.8) is 0 Å².